The molecule has 0 atom stereocenters. The maximum absolute atomic E-state index is 12.9. The molecule has 0 bridgehead atoms. The number of aryl methyl sites for hydroxylation is 1. The first-order valence-corrected chi connectivity index (χ1v) is 9.83. The van der Waals surface area contributed by atoms with Crippen LogP contribution in [0, 0.1) is 5.92 Å². The van der Waals surface area contributed by atoms with Crippen molar-refractivity contribution < 1.29 is 14.4 Å². The second-order valence-corrected chi connectivity index (χ2v) is 7.80. The van der Waals surface area contributed by atoms with Crippen LogP contribution in [0.2, 0.25) is 0 Å². The zero-order valence-electron chi connectivity index (χ0n) is 16.2. The summed E-state index contributed by atoms with van der Waals surface area (Å²) in [4.78, 5) is 43.4. The Balaban J connectivity index is 1.48. The van der Waals surface area contributed by atoms with Crippen LogP contribution in [0.25, 0.3) is 11.0 Å². The van der Waals surface area contributed by atoms with Gasteiger partial charge in [0, 0.05) is 6.54 Å². The topological polar surface area (TPSA) is 96.3 Å². The highest BCUT2D eigenvalue weighted by Crippen LogP contribution is 2.36. The van der Waals surface area contributed by atoms with Crippen LogP contribution in [0.4, 0.5) is 10.7 Å². The highest BCUT2D eigenvalue weighted by atomic mass is 16.2. The minimum atomic E-state index is -0.833. The van der Waals surface area contributed by atoms with Crippen molar-refractivity contribution in [1.82, 2.24) is 19.8 Å². The summed E-state index contributed by atoms with van der Waals surface area (Å²) in [6, 6.07) is 7.13. The number of nitrogens with one attached hydrogen (secondary N) is 2. The Hall–Kier alpha value is -2.90. The molecule has 2 aliphatic rings. The molecule has 2 N–H and O–H groups in total. The molecule has 4 amide bonds. The van der Waals surface area contributed by atoms with E-state index in [2.05, 4.69) is 22.5 Å². The molecule has 28 heavy (non-hydrogen) atoms. The summed E-state index contributed by atoms with van der Waals surface area (Å²) in [5.74, 6) is 0.245. The average molecular weight is 383 g/mol. The van der Waals surface area contributed by atoms with Crippen LogP contribution >= 0.6 is 0 Å². The Morgan fingerprint density at radius 1 is 1.29 bits per heavy atom. The molecular weight excluding hydrogens is 358 g/mol. The SMILES string of the molecule is CCn1c(NC(=O)CN2C(=O)NC3(CCC(C)CC3)C2=O)nc2ccccc21. The lowest BCUT2D eigenvalue weighted by Crippen LogP contribution is -2.49. The van der Waals surface area contributed by atoms with Gasteiger partial charge in [0.25, 0.3) is 5.91 Å². The summed E-state index contributed by atoms with van der Waals surface area (Å²) >= 11 is 0. The zero-order valence-corrected chi connectivity index (χ0v) is 16.2. The number of urea groups is 1. The predicted molar refractivity (Wildman–Crippen MR) is 105 cm³/mol. The number of imide groups is 1. The van der Waals surface area contributed by atoms with E-state index in [0.717, 1.165) is 28.8 Å². The maximum atomic E-state index is 12.9. The number of carbonyl (C=O) groups is 3. The summed E-state index contributed by atoms with van der Waals surface area (Å²) in [6.45, 7) is 4.45. The number of hydrogen-bond acceptors (Lipinski definition) is 4. The molecule has 2 aromatic rings. The van der Waals surface area contributed by atoms with E-state index in [1.807, 2.05) is 35.8 Å². The van der Waals surface area contributed by atoms with Crippen LogP contribution in [0.15, 0.2) is 24.3 Å². The number of hydrogen-bond donors (Lipinski definition) is 2. The zero-order chi connectivity index (χ0) is 19.9. The fourth-order valence-electron chi connectivity index (χ4n) is 4.21. The van der Waals surface area contributed by atoms with Gasteiger partial charge in [-0.2, -0.15) is 0 Å². The minimum absolute atomic E-state index is 0.288. The van der Waals surface area contributed by atoms with E-state index in [1.165, 1.54) is 0 Å². The molecular formula is C20H25N5O3. The number of rotatable bonds is 4. The quantitative estimate of drug-likeness (QED) is 0.793. The molecule has 4 rings (SSSR count). The second-order valence-electron chi connectivity index (χ2n) is 7.80. The van der Waals surface area contributed by atoms with Gasteiger partial charge in [-0.1, -0.05) is 19.1 Å². The van der Waals surface area contributed by atoms with E-state index in [-0.39, 0.29) is 12.5 Å². The summed E-state index contributed by atoms with van der Waals surface area (Å²) in [7, 11) is 0. The Morgan fingerprint density at radius 2 is 2.00 bits per heavy atom. The highest BCUT2D eigenvalue weighted by molar-refractivity contribution is 6.10. The summed E-state index contributed by atoms with van der Waals surface area (Å²) in [5.41, 5.74) is 0.871. The predicted octanol–water partition coefficient (Wildman–Crippen LogP) is 2.50. The van der Waals surface area contributed by atoms with Crippen molar-refractivity contribution in [2.24, 2.45) is 5.92 Å². The Labute approximate surface area is 163 Å². The van der Waals surface area contributed by atoms with Gasteiger partial charge in [0.1, 0.15) is 12.1 Å². The monoisotopic (exact) mass is 383 g/mol. The third-order valence-corrected chi connectivity index (χ3v) is 5.90. The third kappa shape index (κ3) is 3.02. The van der Waals surface area contributed by atoms with Crippen LogP contribution in [0.5, 0.6) is 0 Å². The lowest BCUT2D eigenvalue weighted by Gasteiger charge is -2.33. The van der Waals surface area contributed by atoms with Gasteiger partial charge in [-0.25, -0.2) is 9.78 Å². The molecule has 2 fully saturated rings. The fraction of sp³-hybridized carbons (Fsp3) is 0.500. The molecule has 1 spiro atoms. The second kappa shape index (κ2) is 6.92. The molecule has 0 unspecified atom stereocenters. The number of para-hydroxylation sites is 2. The molecule has 1 saturated carbocycles. The van der Waals surface area contributed by atoms with E-state index in [1.54, 1.807) is 0 Å². The van der Waals surface area contributed by atoms with Gasteiger partial charge >= 0.3 is 6.03 Å². The lowest BCUT2D eigenvalue weighted by molar-refractivity contribution is -0.135. The molecule has 1 aromatic heterocycles. The summed E-state index contributed by atoms with van der Waals surface area (Å²) < 4.78 is 1.89. The van der Waals surface area contributed by atoms with Crippen molar-refractivity contribution >= 4 is 34.8 Å². The molecule has 1 aliphatic heterocycles. The van der Waals surface area contributed by atoms with E-state index >= 15 is 0 Å². The molecule has 8 heteroatoms. The normalized spacial score (nSPS) is 24.8. The lowest BCUT2D eigenvalue weighted by atomic mass is 9.77. The van der Waals surface area contributed by atoms with E-state index in [0.29, 0.717) is 31.3 Å². The number of aromatic nitrogens is 2. The van der Waals surface area contributed by atoms with Crippen molar-refractivity contribution in [3.05, 3.63) is 24.3 Å². The van der Waals surface area contributed by atoms with Crippen molar-refractivity contribution in [1.29, 1.82) is 0 Å². The Morgan fingerprint density at radius 3 is 2.71 bits per heavy atom. The number of imidazole rings is 1. The van der Waals surface area contributed by atoms with Gasteiger partial charge < -0.3 is 9.88 Å². The van der Waals surface area contributed by atoms with Gasteiger partial charge in [0.05, 0.1) is 11.0 Å². The number of carbonyl (C=O) groups excluding carboxylic acids is 3. The first-order valence-electron chi connectivity index (χ1n) is 9.83. The first-order chi connectivity index (χ1) is 13.4. The van der Waals surface area contributed by atoms with Crippen molar-refractivity contribution in [2.75, 3.05) is 11.9 Å². The minimum Gasteiger partial charge on any atom is -0.323 e. The largest absolute Gasteiger partial charge is 0.325 e. The van der Waals surface area contributed by atoms with E-state index in [4.69, 9.17) is 0 Å². The summed E-state index contributed by atoms with van der Waals surface area (Å²) in [5, 5.41) is 5.60. The Kier molecular flexibility index (Phi) is 4.56. The van der Waals surface area contributed by atoms with Crippen molar-refractivity contribution in [2.45, 2.75) is 51.6 Å². The van der Waals surface area contributed by atoms with Crippen LogP contribution < -0.4 is 10.6 Å². The van der Waals surface area contributed by atoms with Crippen LogP contribution in [0.3, 0.4) is 0 Å². The van der Waals surface area contributed by atoms with Crippen molar-refractivity contribution in [3.63, 3.8) is 0 Å². The molecule has 1 aliphatic carbocycles. The van der Waals surface area contributed by atoms with Crippen LogP contribution in [0.1, 0.15) is 39.5 Å². The molecule has 148 valence electrons. The number of nitrogens with zero attached hydrogens (tertiary/aromatic N) is 3. The van der Waals surface area contributed by atoms with Gasteiger partial charge in [0.15, 0.2) is 0 Å². The molecule has 0 radical (unpaired) electrons. The smallest absolute Gasteiger partial charge is 0.323 e. The van der Waals surface area contributed by atoms with Gasteiger partial charge in [0.2, 0.25) is 11.9 Å². The van der Waals surface area contributed by atoms with E-state index < -0.39 is 17.5 Å². The van der Waals surface area contributed by atoms with Gasteiger partial charge in [-0.15, -0.1) is 0 Å². The average Bonchev–Trinajstić information content (AvgIpc) is 3.14. The van der Waals surface area contributed by atoms with Crippen molar-refractivity contribution in [3.8, 4) is 0 Å². The number of amides is 4. The standard InChI is InChI=1S/C20H25N5O3/c1-3-24-15-7-5-4-6-14(15)21-18(24)22-16(26)12-25-17(27)20(23-19(25)28)10-8-13(2)9-11-20/h4-7,13H,3,8-12H2,1-2H3,(H,23,28)(H,21,22,26). The number of anilines is 1. The van der Waals surface area contributed by atoms with Gasteiger partial charge in [-0.05, 0) is 50.7 Å². The summed E-state index contributed by atoms with van der Waals surface area (Å²) in [6.07, 6.45) is 3.05. The van der Waals surface area contributed by atoms with E-state index in [9.17, 15) is 14.4 Å². The third-order valence-electron chi connectivity index (χ3n) is 5.90. The number of benzene rings is 1. The molecule has 2 heterocycles. The van der Waals surface area contributed by atoms with Gasteiger partial charge in [-0.3, -0.25) is 19.8 Å². The highest BCUT2D eigenvalue weighted by Gasteiger charge is 2.52. The molecule has 8 nitrogen and oxygen atoms in total. The first kappa shape index (κ1) is 18.5. The molecule has 1 saturated heterocycles. The fourth-order valence-corrected chi connectivity index (χ4v) is 4.21. The van der Waals surface area contributed by atoms with Crippen LogP contribution in [-0.4, -0.2) is 44.4 Å². The number of fused-ring (bicyclic) bond motifs is 1. The molecule has 1 aromatic carbocycles. The Bertz CT molecular complexity index is 942. The van der Waals surface area contributed by atoms with Crippen LogP contribution in [-0.2, 0) is 16.1 Å². The maximum Gasteiger partial charge on any atom is 0.325 e.